The van der Waals surface area contributed by atoms with Crippen LogP contribution in [0, 0.1) is 11.8 Å². The van der Waals surface area contributed by atoms with E-state index in [4.69, 9.17) is 0 Å². The molecule has 0 N–H and O–H groups in total. The van der Waals surface area contributed by atoms with Crippen LogP contribution in [0.4, 0.5) is 0 Å². The van der Waals surface area contributed by atoms with Crippen LogP contribution in [0.15, 0.2) is 52.4 Å². The molecule has 0 amide bonds. The Morgan fingerprint density at radius 2 is 1.05 bits per heavy atom. The Morgan fingerprint density at radius 1 is 0.619 bits per heavy atom. The summed E-state index contributed by atoms with van der Waals surface area (Å²) in [5.41, 5.74) is 2.81. The SMILES string of the molecule is CCCCC(CC)CSc1ccc(-c2c3cc(Br)sc3c(-c3ccc(SCC(CC)CCCC)s3)c3cc(Br)sc23)s1. The Labute approximate surface area is 293 Å². The van der Waals surface area contributed by atoms with Crippen molar-refractivity contribution in [2.24, 2.45) is 11.8 Å². The minimum absolute atomic E-state index is 0.817. The van der Waals surface area contributed by atoms with Crippen molar-refractivity contribution in [3.05, 3.63) is 44.0 Å². The molecular formula is C34H40Br2S6. The average molecular weight is 801 g/mol. The highest BCUT2D eigenvalue weighted by Gasteiger charge is 2.23. The monoisotopic (exact) mass is 798 g/mol. The van der Waals surface area contributed by atoms with E-state index in [0.717, 1.165) is 11.8 Å². The lowest BCUT2D eigenvalue weighted by molar-refractivity contribution is 0.499. The summed E-state index contributed by atoms with van der Waals surface area (Å²) in [7, 11) is 0. The van der Waals surface area contributed by atoms with E-state index in [0.29, 0.717) is 0 Å². The molecule has 0 spiro atoms. The van der Waals surface area contributed by atoms with E-state index in [1.807, 2.05) is 45.3 Å². The Hall–Kier alpha value is 0.200. The van der Waals surface area contributed by atoms with Gasteiger partial charge in [-0.25, -0.2) is 0 Å². The number of unbranched alkanes of at least 4 members (excludes halogenated alkanes) is 2. The zero-order chi connectivity index (χ0) is 29.6. The van der Waals surface area contributed by atoms with Crippen molar-refractivity contribution in [1.82, 2.24) is 0 Å². The van der Waals surface area contributed by atoms with E-state index in [-0.39, 0.29) is 0 Å². The molecule has 0 nitrogen and oxygen atoms in total. The average Bonchev–Trinajstić information content (AvgIpc) is 3.79. The van der Waals surface area contributed by atoms with Crippen LogP contribution in [0.5, 0.6) is 0 Å². The van der Waals surface area contributed by atoms with Gasteiger partial charge in [-0.3, -0.25) is 0 Å². The second-order valence-electron chi connectivity index (χ2n) is 11.0. The fourth-order valence-corrected chi connectivity index (χ4v) is 13.9. The first-order valence-corrected chi connectivity index (χ1v) is 22.1. The minimum atomic E-state index is 0.817. The third kappa shape index (κ3) is 7.94. The largest absolute Gasteiger partial charge is 0.129 e. The molecule has 42 heavy (non-hydrogen) atoms. The molecular weight excluding hydrogens is 761 g/mol. The van der Waals surface area contributed by atoms with E-state index >= 15 is 0 Å². The van der Waals surface area contributed by atoms with Crippen LogP contribution in [-0.4, -0.2) is 11.5 Å². The highest BCUT2D eigenvalue weighted by molar-refractivity contribution is 9.11. The van der Waals surface area contributed by atoms with E-state index in [1.54, 1.807) is 0 Å². The zero-order valence-corrected chi connectivity index (χ0v) is 33.0. The number of halogens is 2. The molecule has 2 unspecified atom stereocenters. The lowest BCUT2D eigenvalue weighted by atomic mass is 10.0. The first kappa shape index (κ1) is 33.6. The summed E-state index contributed by atoms with van der Waals surface area (Å²) in [4.78, 5) is 2.78. The zero-order valence-electron chi connectivity index (χ0n) is 24.9. The van der Waals surface area contributed by atoms with Crippen LogP contribution in [0.1, 0.15) is 79.1 Å². The molecule has 0 aliphatic carbocycles. The standard InChI is InChI=1S/C34H40Br2S6/c1-5-9-11-21(7-3)19-37-29-15-13-25(39-29)31-23-17-27(35)42-34(23)32(24-18-28(36)41-33(24)31)26-14-16-30(40-26)38-20-22(8-4)12-10-6-2/h13-18,21-22H,5-12,19-20H2,1-4H3. The molecule has 0 radical (unpaired) electrons. The van der Waals surface area contributed by atoms with Gasteiger partial charge in [-0.15, -0.1) is 68.9 Å². The second-order valence-corrected chi connectivity index (χ2v) is 20.7. The molecule has 4 heterocycles. The molecule has 0 bridgehead atoms. The van der Waals surface area contributed by atoms with Gasteiger partial charge in [0.2, 0.25) is 0 Å². The molecule has 4 aromatic heterocycles. The van der Waals surface area contributed by atoms with Gasteiger partial charge >= 0.3 is 0 Å². The van der Waals surface area contributed by atoms with Crippen molar-refractivity contribution in [3.8, 4) is 20.9 Å². The predicted octanol–water partition coefficient (Wildman–Crippen LogP) is 15.7. The van der Waals surface area contributed by atoms with Gasteiger partial charge < -0.3 is 0 Å². The normalized spacial score (nSPS) is 13.5. The number of hydrogen-bond donors (Lipinski definition) is 0. The quantitative estimate of drug-likeness (QED) is 0.0912. The highest BCUT2D eigenvalue weighted by atomic mass is 79.9. The number of rotatable bonds is 16. The van der Waals surface area contributed by atoms with Gasteiger partial charge in [0, 0.05) is 52.6 Å². The fourth-order valence-electron chi connectivity index (χ4n) is 5.46. The van der Waals surface area contributed by atoms with Crippen molar-refractivity contribution >= 4 is 121 Å². The van der Waals surface area contributed by atoms with Gasteiger partial charge in [-0.05, 0) is 92.9 Å². The lowest BCUT2D eigenvalue weighted by Crippen LogP contribution is -2.01. The maximum Gasteiger partial charge on any atom is 0.0711 e. The minimum Gasteiger partial charge on any atom is -0.129 e. The Morgan fingerprint density at radius 3 is 1.43 bits per heavy atom. The Balaban J connectivity index is 1.48. The maximum absolute atomic E-state index is 3.87. The molecule has 5 aromatic rings. The first-order valence-electron chi connectivity index (χ1n) is 15.3. The van der Waals surface area contributed by atoms with E-state index in [1.165, 1.54) is 120 Å². The molecule has 2 atom stereocenters. The lowest BCUT2D eigenvalue weighted by Gasteiger charge is -2.13. The molecule has 5 rings (SSSR count). The van der Waals surface area contributed by atoms with Gasteiger partial charge in [-0.1, -0.05) is 66.2 Å². The summed E-state index contributed by atoms with van der Waals surface area (Å²) >= 11 is 19.6. The van der Waals surface area contributed by atoms with Crippen LogP contribution in [-0.2, 0) is 0 Å². The van der Waals surface area contributed by atoms with Crippen molar-refractivity contribution in [2.45, 2.75) is 87.5 Å². The molecule has 0 aliphatic rings. The molecule has 226 valence electrons. The van der Waals surface area contributed by atoms with Crippen LogP contribution >= 0.6 is 101 Å². The first-order chi connectivity index (χ1) is 20.4. The van der Waals surface area contributed by atoms with Crippen molar-refractivity contribution in [1.29, 1.82) is 0 Å². The number of thiophene rings is 4. The summed E-state index contributed by atoms with van der Waals surface area (Å²) in [5, 5.41) is 2.76. The Kier molecular flexibility index (Phi) is 12.9. The summed E-state index contributed by atoms with van der Waals surface area (Å²) in [6.45, 7) is 9.31. The van der Waals surface area contributed by atoms with Crippen LogP contribution in [0.25, 0.3) is 41.1 Å². The van der Waals surface area contributed by atoms with Crippen LogP contribution in [0.3, 0.4) is 0 Å². The van der Waals surface area contributed by atoms with Gasteiger partial charge in [0.25, 0.3) is 0 Å². The number of hydrogen-bond acceptors (Lipinski definition) is 6. The summed E-state index contributed by atoms with van der Waals surface area (Å²) in [6, 6.07) is 14.2. The van der Waals surface area contributed by atoms with Gasteiger partial charge in [0.1, 0.15) is 0 Å². The van der Waals surface area contributed by atoms with E-state index in [9.17, 15) is 0 Å². The smallest absolute Gasteiger partial charge is 0.0711 e. The maximum atomic E-state index is 3.87. The predicted molar refractivity (Wildman–Crippen MR) is 207 cm³/mol. The van der Waals surface area contributed by atoms with Crippen LogP contribution in [0.2, 0.25) is 0 Å². The third-order valence-corrected chi connectivity index (χ3v) is 16.5. The van der Waals surface area contributed by atoms with E-state index < -0.39 is 0 Å². The molecule has 0 aliphatic heterocycles. The molecule has 0 saturated carbocycles. The fraction of sp³-hybridized carbons (Fsp3) is 0.471. The van der Waals surface area contributed by atoms with Crippen molar-refractivity contribution in [2.75, 3.05) is 11.5 Å². The summed E-state index contributed by atoms with van der Waals surface area (Å²) in [5.74, 6) is 4.09. The van der Waals surface area contributed by atoms with Gasteiger partial charge in [-0.2, -0.15) is 0 Å². The molecule has 8 heteroatoms. The summed E-state index contributed by atoms with van der Waals surface area (Å²) in [6.07, 6.45) is 10.6. The topological polar surface area (TPSA) is 0 Å². The van der Waals surface area contributed by atoms with Crippen LogP contribution < -0.4 is 0 Å². The molecule has 1 aromatic carbocycles. The summed E-state index contributed by atoms with van der Waals surface area (Å²) < 4.78 is 8.10. The van der Waals surface area contributed by atoms with Crippen molar-refractivity contribution in [3.63, 3.8) is 0 Å². The van der Waals surface area contributed by atoms with Crippen molar-refractivity contribution < 1.29 is 0 Å². The Bertz CT molecular complexity index is 1420. The van der Waals surface area contributed by atoms with E-state index in [2.05, 4.69) is 119 Å². The molecule has 0 saturated heterocycles. The highest BCUT2D eigenvalue weighted by Crippen LogP contribution is 2.53. The van der Waals surface area contributed by atoms with Gasteiger partial charge in [0.05, 0.1) is 16.0 Å². The van der Waals surface area contributed by atoms with Gasteiger partial charge in [0.15, 0.2) is 0 Å². The number of fused-ring (bicyclic) bond motifs is 2. The number of benzene rings is 1. The molecule has 0 fully saturated rings. The third-order valence-electron chi connectivity index (χ3n) is 8.06. The number of thioether (sulfide) groups is 2. The second kappa shape index (κ2) is 16.2.